The summed E-state index contributed by atoms with van der Waals surface area (Å²) >= 11 is 0. The normalized spacial score (nSPS) is 10.8. The maximum atomic E-state index is 5.30. The van der Waals surface area contributed by atoms with Crippen LogP contribution in [-0.2, 0) is 4.74 Å². The first-order valence-corrected chi connectivity index (χ1v) is 4.16. The summed E-state index contributed by atoms with van der Waals surface area (Å²) in [5, 5.41) is 0. The average Bonchev–Trinajstić information content (AvgIpc) is 1.90. The van der Waals surface area contributed by atoms with E-state index in [1.54, 1.807) is 0 Å². The lowest BCUT2D eigenvalue weighted by molar-refractivity contribution is 0.0451. The van der Waals surface area contributed by atoms with Gasteiger partial charge < -0.3 is 10.5 Å². The van der Waals surface area contributed by atoms with Gasteiger partial charge in [-0.1, -0.05) is 26.7 Å². The van der Waals surface area contributed by atoms with Crippen molar-refractivity contribution in [3.8, 4) is 0 Å². The van der Waals surface area contributed by atoms with Crippen molar-refractivity contribution in [3.63, 3.8) is 0 Å². The Morgan fingerprint density at radius 1 is 1.20 bits per heavy atom. The molecule has 2 heteroatoms. The highest BCUT2D eigenvalue weighted by molar-refractivity contribution is 4.54. The van der Waals surface area contributed by atoms with Crippen molar-refractivity contribution in [1.29, 1.82) is 0 Å². The van der Waals surface area contributed by atoms with Crippen LogP contribution in [0.25, 0.3) is 0 Å². The van der Waals surface area contributed by atoms with Gasteiger partial charge in [0.1, 0.15) is 0 Å². The molecule has 0 aliphatic carbocycles. The van der Waals surface area contributed by atoms with Crippen molar-refractivity contribution >= 4 is 0 Å². The van der Waals surface area contributed by atoms with Crippen molar-refractivity contribution < 1.29 is 4.74 Å². The number of ether oxygens (including phenoxy) is 1. The molecule has 0 aliphatic heterocycles. The van der Waals surface area contributed by atoms with E-state index >= 15 is 0 Å². The molecule has 0 heterocycles. The minimum Gasteiger partial charge on any atom is -0.363 e. The quantitative estimate of drug-likeness (QED) is 0.579. The summed E-state index contributed by atoms with van der Waals surface area (Å²) in [5.74, 6) is 0. The van der Waals surface area contributed by atoms with E-state index in [9.17, 15) is 0 Å². The molecule has 0 aliphatic rings. The third-order valence-electron chi connectivity index (χ3n) is 1.55. The highest BCUT2D eigenvalue weighted by Gasteiger charge is 2.04. The second-order valence-corrected chi connectivity index (χ2v) is 2.53. The van der Waals surface area contributed by atoms with E-state index in [-0.39, 0.29) is 0 Å². The van der Waals surface area contributed by atoms with Crippen LogP contribution in [0.2, 0.25) is 0 Å². The summed E-state index contributed by atoms with van der Waals surface area (Å²) in [5.41, 5.74) is 5.27. The third kappa shape index (κ3) is 4.77. The van der Waals surface area contributed by atoms with E-state index < -0.39 is 0 Å². The highest BCUT2D eigenvalue weighted by atomic mass is 16.5. The Hall–Kier alpha value is -0.0800. The highest BCUT2D eigenvalue weighted by Crippen LogP contribution is 2.07. The zero-order valence-corrected chi connectivity index (χ0v) is 7.10. The molecule has 0 atom stereocenters. The average molecular weight is 145 g/mol. The summed E-state index contributed by atoms with van der Waals surface area (Å²) in [6, 6.07) is 0. The standard InChI is InChI=1S/C8H19NO/c1-3-5-8(6-4-2)10-7-9/h8H,3-7,9H2,1-2H3. The summed E-state index contributed by atoms with van der Waals surface area (Å²) in [6.45, 7) is 4.70. The Kier molecular flexibility index (Phi) is 6.98. The molecule has 0 bridgehead atoms. The Balaban J connectivity index is 3.30. The SMILES string of the molecule is CCCC(CCC)OCN. The Bertz CT molecular complexity index is 52.0. The Labute approximate surface area is 63.7 Å². The fourth-order valence-corrected chi connectivity index (χ4v) is 1.09. The van der Waals surface area contributed by atoms with Gasteiger partial charge in [-0.15, -0.1) is 0 Å². The molecule has 0 aromatic rings. The van der Waals surface area contributed by atoms with Gasteiger partial charge in [0.05, 0.1) is 12.8 Å². The minimum atomic E-state index is 0.366. The van der Waals surface area contributed by atoms with Crippen LogP contribution in [0.4, 0.5) is 0 Å². The van der Waals surface area contributed by atoms with Gasteiger partial charge in [0.2, 0.25) is 0 Å². The fourth-order valence-electron chi connectivity index (χ4n) is 1.09. The van der Waals surface area contributed by atoms with E-state index in [2.05, 4.69) is 13.8 Å². The molecule has 0 saturated carbocycles. The molecule has 0 aromatic carbocycles. The third-order valence-corrected chi connectivity index (χ3v) is 1.55. The molecule has 0 fully saturated rings. The predicted molar refractivity (Wildman–Crippen MR) is 43.7 cm³/mol. The number of hydrogen-bond acceptors (Lipinski definition) is 2. The maximum Gasteiger partial charge on any atom is 0.0944 e. The van der Waals surface area contributed by atoms with E-state index in [4.69, 9.17) is 10.5 Å². The van der Waals surface area contributed by atoms with E-state index in [1.165, 1.54) is 12.8 Å². The zero-order valence-electron chi connectivity index (χ0n) is 7.10. The monoisotopic (exact) mass is 145 g/mol. The summed E-state index contributed by atoms with van der Waals surface area (Å²) < 4.78 is 5.30. The molecular formula is C8H19NO. The zero-order chi connectivity index (χ0) is 7.82. The molecule has 0 rings (SSSR count). The largest absolute Gasteiger partial charge is 0.363 e. The molecule has 0 spiro atoms. The van der Waals surface area contributed by atoms with Crippen LogP contribution < -0.4 is 5.73 Å². The molecular weight excluding hydrogens is 126 g/mol. The van der Waals surface area contributed by atoms with Gasteiger partial charge in [-0.25, -0.2) is 0 Å². The van der Waals surface area contributed by atoms with Crippen LogP contribution in [0, 0.1) is 0 Å². The number of hydrogen-bond donors (Lipinski definition) is 1. The molecule has 62 valence electrons. The Morgan fingerprint density at radius 3 is 2.00 bits per heavy atom. The smallest absolute Gasteiger partial charge is 0.0944 e. The molecule has 0 aromatic heterocycles. The van der Waals surface area contributed by atoms with Gasteiger partial charge >= 0.3 is 0 Å². The number of nitrogens with two attached hydrogens (primary N) is 1. The van der Waals surface area contributed by atoms with Gasteiger partial charge in [0, 0.05) is 0 Å². The van der Waals surface area contributed by atoms with Crippen LogP contribution >= 0.6 is 0 Å². The van der Waals surface area contributed by atoms with Crippen LogP contribution in [0.3, 0.4) is 0 Å². The first-order chi connectivity index (χ1) is 4.85. The van der Waals surface area contributed by atoms with Crippen molar-refractivity contribution in [2.75, 3.05) is 6.73 Å². The van der Waals surface area contributed by atoms with Crippen LogP contribution in [0.15, 0.2) is 0 Å². The van der Waals surface area contributed by atoms with Gasteiger partial charge in [-0.05, 0) is 12.8 Å². The molecule has 0 amide bonds. The number of rotatable bonds is 6. The van der Waals surface area contributed by atoms with Crippen molar-refractivity contribution in [3.05, 3.63) is 0 Å². The summed E-state index contributed by atoms with van der Waals surface area (Å²) in [6.07, 6.45) is 5.06. The molecule has 10 heavy (non-hydrogen) atoms. The molecule has 0 saturated heterocycles. The maximum absolute atomic E-state index is 5.30. The summed E-state index contributed by atoms with van der Waals surface area (Å²) in [4.78, 5) is 0. The van der Waals surface area contributed by atoms with Crippen LogP contribution in [0.5, 0.6) is 0 Å². The molecule has 2 N–H and O–H groups in total. The van der Waals surface area contributed by atoms with E-state index in [0.29, 0.717) is 12.8 Å². The second kappa shape index (κ2) is 7.03. The summed E-state index contributed by atoms with van der Waals surface area (Å²) in [7, 11) is 0. The predicted octanol–water partition coefficient (Wildman–Crippen LogP) is 1.89. The first-order valence-electron chi connectivity index (χ1n) is 4.16. The van der Waals surface area contributed by atoms with Crippen molar-refractivity contribution in [2.24, 2.45) is 5.73 Å². The second-order valence-electron chi connectivity index (χ2n) is 2.53. The lowest BCUT2D eigenvalue weighted by atomic mass is 10.1. The van der Waals surface area contributed by atoms with Gasteiger partial charge in [0.25, 0.3) is 0 Å². The topological polar surface area (TPSA) is 35.2 Å². The van der Waals surface area contributed by atoms with E-state index in [0.717, 1.165) is 12.8 Å². The fraction of sp³-hybridized carbons (Fsp3) is 1.00. The van der Waals surface area contributed by atoms with Gasteiger partial charge in [-0.2, -0.15) is 0 Å². The van der Waals surface area contributed by atoms with Gasteiger partial charge in [0.15, 0.2) is 0 Å². The van der Waals surface area contributed by atoms with Crippen molar-refractivity contribution in [1.82, 2.24) is 0 Å². The molecule has 2 nitrogen and oxygen atoms in total. The Morgan fingerprint density at radius 2 is 1.70 bits per heavy atom. The van der Waals surface area contributed by atoms with Gasteiger partial charge in [-0.3, -0.25) is 0 Å². The van der Waals surface area contributed by atoms with Crippen LogP contribution in [0.1, 0.15) is 39.5 Å². The lowest BCUT2D eigenvalue weighted by Gasteiger charge is -2.14. The van der Waals surface area contributed by atoms with Crippen LogP contribution in [-0.4, -0.2) is 12.8 Å². The van der Waals surface area contributed by atoms with E-state index in [1.807, 2.05) is 0 Å². The molecule has 0 radical (unpaired) electrons. The van der Waals surface area contributed by atoms with Crippen molar-refractivity contribution in [2.45, 2.75) is 45.6 Å². The first kappa shape index (κ1) is 9.92. The lowest BCUT2D eigenvalue weighted by Crippen LogP contribution is -2.17. The molecule has 0 unspecified atom stereocenters. The minimum absolute atomic E-state index is 0.366.